The summed E-state index contributed by atoms with van der Waals surface area (Å²) in [5.41, 5.74) is 22.9. The highest BCUT2D eigenvalue weighted by Crippen LogP contribution is 2.50. The summed E-state index contributed by atoms with van der Waals surface area (Å²) < 4.78 is 0. The molecule has 0 saturated carbocycles. The van der Waals surface area contributed by atoms with Crippen LogP contribution in [0.1, 0.15) is 93.3 Å². The smallest absolute Gasteiger partial charge is 0.252 e. The fraction of sp³-hybridized carbons (Fsp3) is 0.333. The predicted molar refractivity (Wildman–Crippen MR) is 207 cm³/mol. The van der Waals surface area contributed by atoms with Crippen molar-refractivity contribution in [2.75, 3.05) is 9.80 Å². The summed E-state index contributed by atoms with van der Waals surface area (Å²) in [5.74, 6) is 0. The largest absolute Gasteiger partial charge is 0.311 e. The molecule has 0 radical (unpaired) electrons. The molecule has 0 N–H and O–H groups in total. The standard InChI is InChI=1S/C45H47BN2/c1-28-22-40-42-41(23-28)48(43-34-16-12-14-29(34)24-30-15-13-17-35(30)43)39-21-11-9-19-37(39)46(42)36-18-8-10-20-38(36)47(40)33-26-31(44(2,3)4)25-32(27-33)45(5,6)7/h8-11,18-27H,12-17H2,1-7H3. The molecule has 0 unspecified atom stereocenters. The van der Waals surface area contributed by atoms with Gasteiger partial charge in [0.05, 0.1) is 5.69 Å². The summed E-state index contributed by atoms with van der Waals surface area (Å²) in [7, 11) is 0. The number of benzene rings is 5. The van der Waals surface area contributed by atoms with Gasteiger partial charge in [0.2, 0.25) is 0 Å². The van der Waals surface area contributed by atoms with Crippen LogP contribution >= 0.6 is 0 Å². The number of fused-ring (bicyclic) bond motifs is 6. The molecule has 2 aliphatic heterocycles. The monoisotopic (exact) mass is 626 g/mol. The minimum Gasteiger partial charge on any atom is -0.311 e. The molecule has 4 aliphatic rings. The maximum atomic E-state index is 2.73. The fourth-order valence-corrected chi connectivity index (χ4v) is 9.22. The Hall–Kier alpha value is -4.24. The Bertz CT molecular complexity index is 2080. The Morgan fingerprint density at radius 3 is 1.58 bits per heavy atom. The van der Waals surface area contributed by atoms with Gasteiger partial charge in [-0.25, -0.2) is 0 Å². The van der Waals surface area contributed by atoms with E-state index >= 15 is 0 Å². The Labute approximate surface area is 287 Å². The minimum atomic E-state index is 0.0314. The lowest BCUT2D eigenvalue weighted by Gasteiger charge is -2.45. The number of hydrogen-bond acceptors (Lipinski definition) is 2. The number of nitrogens with zero attached hydrogens (tertiary/aromatic N) is 2. The van der Waals surface area contributed by atoms with E-state index < -0.39 is 0 Å². The zero-order valence-corrected chi connectivity index (χ0v) is 29.8. The van der Waals surface area contributed by atoms with Gasteiger partial charge in [-0.15, -0.1) is 0 Å². The van der Waals surface area contributed by atoms with E-state index in [-0.39, 0.29) is 17.5 Å². The predicted octanol–water partition coefficient (Wildman–Crippen LogP) is 9.65. The lowest BCUT2D eigenvalue weighted by Crippen LogP contribution is -2.61. The summed E-state index contributed by atoms with van der Waals surface area (Å²) in [6, 6.07) is 33.4. The third-order valence-electron chi connectivity index (χ3n) is 11.6. The van der Waals surface area contributed by atoms with Crippen LogP contribution in [0.4, 0.5) is 34.1 Å². The van der Waals surface area contributed by atoms with Crippen molar-refractivity contribution in [1.29, 1.82) is 0 Å². The quantitative estimate of drug-likeness (QED) is 0.176. The van der Waals surface area contributed by atoms with E-state index in [1.807, 2.05) is 0 Å². The van der Waals surface area contributed by atoms with E-state index in [9.17, 15) is 0 Å². The summed E-state index contributed by atoms with van der Waals surface area (Å²) in [5, 5.41) is 0. The van der Waals surface area contributed by atoms with Crippen LogP contribution in [0.3, 0.4) is 0 Å². The van der Waals surface area contributed by atoms with Gasteiger partial charge in [0, 0.05) is 28.4 Å². The van der Waals surface area contributed by atoms with Gasteiger partial charge in [0.25, 0.3) is 6.71 Å². The third-order valence-corrected chi connectivity index (χ3v) is 11.6. The van der Waals surface area contributed by atoms with Crippen LogP contribution in [0.5, 0.6) is 0 Å². The summed E-state index contributed by atoms with van der Waals surface area (Å²) >= 11 is 0. The maximum absolute atomic E-state index is 2.73. The first-order valence-electron chi connectivity index (χ1n) is 18.2. The molecule has 5 aromatic carbocycles. The van der Waals surface area contributed by atoms with Gasteiger partial charge in [0.15, 0.2) is 0 Å². The van der Waals surface area contributed by atoms with Crippen molar-refractivity contribution in [3.8, 4) is 0 Å². The highest BCUT2D eigenvalue weighted by Gasteiger charge is 2.44. The third kappa shape index (κ3) is 4.39. The average Bonchev–Trinajstić information content (AvgIpc) is 3.72. The van der Waals surface area contributed by atoms with Gasteiger partial charge in [-0.05, 0) is 148 Å². The lowest BCUT2D eigenvalue weighted by atomic mass is 9.33. The van der Waals surface area contributed by atoms with Crippen molar-refractivity contribution in [3.63, 3.8) is 0 Å². The van der Waals surface area contributed by atoms with Crippen LogP contribution in [-0.4, -0.2) is 6.71 Å². The Morgan fingerprint density at radius 2 is 1.04 bits per heavy atom. The SMILES string of the molecule is Cc1cc2c3c(c1)N(c1c4c(cc5c1CCC5)CCC4)c1ccccc1B3c1ccccc1N2c1cc(C(C)(C)C)cc(C(C)(C)C)c1. The van der Waals surface area contributed by atoms with E-state index in [2.05, 4.69) is 143 Å². The summed E-state index contributed by atoms with van der Waals surface area (Å²) in [6.45, 7) is 16.6. The average molecular weight is 627 g/mol. The van der Waals surface area contributed by atoms with E-state index in [0.29, 0.717) is 0 Å². The second-order valence-corrected chi connectivity index (χ2v) is 16.9. The van der Waals surface area contributed by atoms with Crippen LogP contribution < -0.4 is 26.2 Å². The molecule has 3 heteroatoms. The molecule has 2 aliphatic carbocycles. The van der Waals surface area contributed by atoms with Crippen molar-refractivity contribution < 1.29 is 0 Å². The highest BCUT2D eigenvalue weighted by atomic mass is 15.2. The molecule has 9 rings (SSSR count). The van der Waals surface area contributed by atoms with Gasteiger partial charge in [-0.2, -0.15) is 0 Å². The van der Waals surface area contributed by atoms with Crippen molar-refractivity contribution in [2.45, 2.75) is 97.8 Å². The first kappa shape index (κ1) is 29.9. The Balaban J connectivity index is 1.37. The van der Waals surface area contributed by atoms with Crippen molar-refractivity contribution in [2.24, 2.45) is 0 Å². The van der Waals surface area contributed by atoms with Crippen molar-refractivity contribution >= 4 is 57.2 Å². The number of hydrogen-bond donors (Lipinski definition) is 0. The maximum Gasteiger partial charge on any atom is 0.252 e. The zero-order chi connectivity index (χ0) is 33.1. The van der Waals surface area contributed by atoms with Crippen molar-refractivity contribution in [1.82, 2.24) is 0 Å². The van der Waals surface area contributed by atoms with E-state index in [4.69, 9.17) is 0 Å². The molecule has 0 aromatic heterocycles. The fourth-order valence-electron chi connectivity index (χ4n) is 9.22. The summed E-state index contributed by atoms with van der Waals surface area (Å²) in [4.78, 5) is 5.33. The van der Waals surface area contributed by atoms with E-state index in [1.165, 1.54) is 106 Å². The Kier molecular flexibility index (Phi) is 6.46. The second kappa shape index (κ2) is 10.4. The first-order chi connectivity index (χ1) is 23.0. The molecule has 0 spiro atoms. The molecular weight excluding hydrogens is 579 g/mol. The van der Waals surface area contributed by atoms with E-state index in [0.717, 1.165) is 0 Å². The number of aryl methyl sites for hydroxylation is 3. The van der Waals surface area contributed by atoms with E-state index in [1.54, 1.807) is 22.3 Å². The van der Waals surface area contributed by atoms with Gasteiger partial charge in [-0.3, -0.25) is 0 Å². The molecule has 0 amide bonds. The normalized spacial score (nSPS) is 16.0. The van der Waals surface area contributed by atoms with Gasteiger partial charge in [-0.1, -0.05) is 90.1 Å². The van der Waals surface area contributed by atoms with Crippen LogP contribution in [0, 0.1) is 6.92 Å². The molecule has 0 saturated heterocycles. The zero-order valence-electron chi connectivity index (χ0n) is 29.8. The van der Waals surface area contributed by atoms with Gasteiger partial charge < -0.3 is 9.80 Å². The Morgan fingerprint density at radius 1 is 0.542 bits per heavy atom. The molecule has 2 heterocycles. The van der Waals surface area contributed by atoms with Gasteiger partial charge >= 0.3 is 0 Å². The van der Waals surface area contributed by atoms with Gasteiger partial charge in [0.1, 0.15) is 0 Å². The molecule has 240 valence electrons. The molecule has 0 atom stereocenters. The molecule has 5 aromatic rings. The number of para-hydroxylation sites is 2. The summed E-state index contributed by atoms with van der Waals surface area (Å²) in [6.07, 6.45) is 7.30. The highest BCUT2D eigenvalue weighted by molar-refractivity contribution is 7.00. The molecular formula is C45H47BN2. The molecule has 0 bridgehead atoms. The second-order valence-electron chi connectivity index (χ2n) is 16.9. The van der Waals surface area contributed by atoms with Crippen molar-refractivity contribution in [3.05, 3.63) is 124 Å². The number of anilines is 6. The lowest BCUT2D eigenvalue weighted by molar-refractivity contribution is 0.569. The molecule has 0 fully saturated rings. The molecule has 2 nitrogen and oxygen atoms in total. The van der Waals surface area contributed by atoms with Crippen LogP contribution in [0.2, 0.25) is 0 Å². The number of rotatable bonds is 2. The minimum absolute atomic E-state index is 0.0314. The molecule has 48 heavy (non-hydrogen) atoms. The van der Waals surface area contributed by atoms with Crippen LogP contribution in [-0.2, 0) is 36.5 Å². The van der Waals surface area contributed by atoms with Crippen LogP contribution in [0.15, 0.2) is 84.9 Å². The first-order valence-corrected chi connectivity index (χ1v) is 18.2. The van der Waals surface area contributed by atoms with Crippen LogP contribution in [0.25, 0.3) is 0 Å². The topological polar surface area (TPSA) is 6.48 Å².